The second-order valence-corrected chi connectivity index (χ2v) is 8.86. The summed E-state index contributed by atoms with van der Waals surface area (Å²) in [7, 11) is -2.13. The van der Waals surface area contributed by atoms with Crippen LogP contribution >= 0.6 is 22.9 Å². The lowest BCUT2D eigenvalue weighted by molar-refractivity contribution is -0.130. The Morgan fingerprint density at radius 1 is 1.36 bits per heavy atom. The van der Waals surface area contributed by atoms with E-state index < -0.39 is 10.0 Å². The largest absolute Gasteiger partial charge is 0.343 e. The quantitative estimate of drug-likeness (QED) is 0.801. The lowest BCUT2D eigenvalue weighted by Crippen LogP contribution is -2.34. The van der Waals surface area contributed by atoms with Crippen molar-refractivity contribution < 1.29 is 13.2 Å². The normalized spacial score (nSPS) is 11.6. The zero-order valence-electron chi connectivity index (χ0n) is 14.3. The van der Waals surface area contributed by atoms with Crippen molar-refractivity contribution in [2.24, 2.45) is 0 Å². The van der Waals surface area contributed by atoms with Gasteiger partial charge < -0.3 is 4.90 Å². The van der Waals surface area contributed by atoms with Crippen LogP contribution in [0, 0.1) is 6.92 Å². The molecular formula is C15H19ClN4O3S2. The molecule has 0 aliphatic carbocycles. The minimum absolute atomic E-state index is 0.0733. The maximum Gasteiger partial charge on any atom is 0.264 e. The summed E-state index contributed by atoms with van der Waals surface area (Å²) in [5, 5.41) is 8.61. The van der Waals surface area contributed by atoms with Crippen LogP contribution < -0.4 is 4.72 Å². The highest BCUT2D eigenvalue weighted by Crippen LogP contribution is 2.26. The van der Waals surface area contributed by atoms with Crippen molar-refractivity contribution in [2.75, 3.05) is 11.8 Å². The molecule has 2 rings (SSSR count). The van der Waals surface area contributed by atoms with Crippen molar-refractivity contribution in [3.63, 3.8) is 0 Å². The van der Waals surface area contributed by atoms with Gasteiger partial charge in [0.2, 0.25) is 11.0 Å². The van der Waals surface area contributed by atoms with E-state index in [1.54, 1.807) is 31.0 Å². The van der Waals surface area contributed by atoms with Gasteiger partial charge in [-0.15, -0.1) is 10.2 Å². The summed E-state index contributed by atoms with van der Waals surface area (Å²) < 4.78 is 27.4. The van der Waals surface area contributed by atoms with E-state index in [0.717, 1.165) is 11.3 Å². The molecule has 1 amide bonds. The summed E-state index contributed by atoms with van der Waals surface area (Å²) in [6.07, 6.45) is 0.0737. The number of amides is 1. The Balaban J connectivity index is 2.15. The van der Waals surface area contributed by atoms with Crippen LogP contribution in [0.5, 0.6) is 0 Å². The zero-order chi connectivity index (χ0) is 18.8. The topological polar surface area (TPSA) is 92.3 Å². The predicted molar refractivity (Wildman–Crippen MR) is 98.5 cm³/mol. The number of hydrogen-bond donors (Lipinski definition) is 1. The molecule has 1 N–H and O–H groups in total. The first-order valence-electron chi connectivity index (χ1n) is 7.47. The van der Waals surface area contributed by atoms with Crippen LogP contribution in [0.3, 0.4) is 0 Å². The Morgan fingerprint density at radius 2 is 2.04 bits per heavy atom. The minimum Gasteiger partial charge on any atom is -0.343 e. The Morgan fingerprint density at radius 3 is 2.68 bits per heavy atom. The van der Waals surface area contributed by atoms with Crippen molar-refractivity contribution >= 4 is 44.0 Å². The van der Waals surface area contributed by atoms with Crippen LogP contribution in [-0.2, 0) is 21.2 Å². The molecule has 0 atom stereocenters. The third kappa shape index (κ3) is 4.68. The van der Waals surface area contributed by atoms with Gasteiger partial charge in [-0.3, -0.25) is 9.52 Å². The smallest absolute Gasteiger partial charge is 0.264 e. The molecule has 136 valence electrons. The van der Waals surface area contributed by atoms with Crippen molar-refractivity contribution in [3.05, 3.63) is 33.8 Å². The molecule has 0 bridgehead atoms. The van der Waals surface area contributed by atoms with E-state index in [2.05, 4.69) is 14.9 Å². The third-order valence-corrected chi connectivity index (χ3v) is 6.53. The van der Waals surface area contributed by atoms with E-state index in [0.29, 0.717) is 15.6 Å². The Labute approximate surface area is 156 Å². The van der Waals surface area contributed by atoms with Crippen LogP contribution in [0.15, 0.2) is 23.1 Å². The van der Waals surface area contributed by atoms with Crippen LogP contribution in [0.4, 0.5) is 5.13 Å². The molecule has 0 radical (unpaired) electrons. The van der Waals surface area contributed by atoms with Crippen LogP contribution in [0.25, 0.3) is 0 Å². The zero-order valence-corrected chi connectivity index (χ0v) is 16.7. The summed E-state index contributed by atoms with van der Waals surface area (Å²) in [6.45, 7) is 5.44. The highest BCUT2D eigenvalue weighted by molar-refractivity contribution is 7.93. The molecule has 0 aliphatic rings. The van der Waals surface area contributed by atoms with Gasteiger partial charge in [0.1, 0.15) is 5.01 Å². The predicted octanol–water partition coefficient (Wildman–Crippen LogP) is 2.71. The Bertz CT molecular complexity index is 881. The number of anilines is 1. The lowest BCUT2D eigenvalue weighted by atomic mass is 10.2. The molecule has 10 heteroatoms. The second-order valence-electron chi connectivity index (χ2n) is 5.74. The van der Waals surface area contributed by atoms with Gasteiger partial charge >= 0.3 is 0 Å². The Hall–Kier alpha value is -1.71. The van der Waals surface area contributed by atoms with Crippen molar-refractivity contribution in [2.45, 2.75) is 38.1 Å². The molecule has 25 heavy (non-hydrogen) atoms. The third-order valence-electron chi connectivity index (χ3n) is 3.67. The maximum absolute atomic E-state index is 12.5. The number of rotatable bonds is 6. The standard InChI is InChI=1S/C15H19ClN4O3S2/c1-9(2)20(4)14(21)8-13-17-18-15(24-13)19-25(22,23)12-7-5-6-11(16)10(12)3/h5-7,9H,8H2,1-4H3,(H,18,19). The molecule has 1 heterocycles. The number of halogens is 1. The summed E-state index contributed by atoms with van der Waals surface area (Å²) in [5.74, 6) is -0.105. The summed E-state index contributed by atoms with van der Waals surface area (Å²) in [4.78, 5) is 13.7. The van der Waals surface area contributed by atoms with Gasteiger partial charge in [0, 0.05) is 18.1 Å². The monoisotopic (exact) mass is 402 g/mol. The fourth-order valence-corrected chi connectivity index (χ4v) is 4.42. The molecule has 2 aromatic rings. The van der Waals surface area contributed by atoms with E-state index in [9.17, 15) is 13.2 Å². The molecule has 1 aromatic carbocycles. The van der Waals surface area contributed by atoms with Gasteiger partial charge in [0.25, 0.3) is 10.0 Å². The molecule has 0 fully saturated rings. The molecule has 0 saturated heterocycles. The fourth-order valence-electron chi connectivity index (χ4n) is 1.96. The fraction of sp³-hybridized carbons (Fsp3) is 0.400. The SMILES string of the molecule is Cc1c(Cl)cccc1S(=O)(=O)Nc1nnc(CC(=O)N(C)C(C)C)s1. The van der Waals surface area contributed by atoms with Gasteiger partial charge in [-0.25, -0.2) is 8.42 Å². The summed E-state index contributed by atoms with van der Waals surface area (Å²) >= 11 is 7.01. The minimum atomic E-state index is -3.83. The number of nitrogens with one attached hydrogen (secondary N) is 1. The first-order valence-corrected chi connectivity index (χ1v) is 10.2. The lowest BCUT2D eigenvalue weighted by Gasteiger charge is -2.20. The maximum atomic E-state index is 12.5. The van der Waals surface area contributed by atoms with E-state index in [4.69, 9.17) is 11.6 Å². The summed E-state index contributed by atoms with van der Waals surface area (Å²) in [6, 6.07) is 4.72. The number of sulfonamides is 1. The highest BCUT2D eigenvalue weighted by Gasteiger charge is 2.21. The molecule has 7 nitrogen and oxygen atoms in total. The first kappa shape index (κ1) is 19.6. The van der Waals surface area contributed by atoms with Gasteiger partial charge in [0.15, 0.2) is 0 Å². The van der Waals surface area contributed by atoms with Gasteiger partial charge in [-0.1, -0.05) is 29.0 Å². The highest BCUT2D eigenvalue weighted by atomic mass is 35.5. The number of aromatic nitrogens is 2. The molecule has 0 saturated carbocycles. The van der Waals surface area contributed by atoms with Crippen molar-refractivity contribution in [3.8, 4) is 0 Å². The molecule has 0 spiro atoms. The van der Waals surface area contributed by atoms with Gasteiger partial charge in [-0.2, -0.15) is 0 Å². The number of likely N-dealkylation sites (N-methyl/N-ethyl adjacent to an activating group) is 1. The van der Waals surface area contributed by atoms with E-state index in [1.807, 2.05) is 13.8 Å². The summed E-state index contributed by atoms with van der Waals surface area (Å²) in [5.41, 5.74) is 0.454. The van der Waals surface area contributed by atoms with Crippen LogP contribution in [-0.4, -0.2) is 42.5 Å². The molecule has 1 aromatic heterocycles. The van der Waals surface area contributed by atoms with E-state index in [1.165, 1.54) is 6.07 Å². The number of benzene rings is 1. The molecular weight excluding hydrogens is 384 g/mol. The van der Waals surface area contributed by atoms with Crippen molar-refractivity contribution in [1.82, 2.24) is 15.1 Å². The average Bonchev–Trinajstić information content (AvgIpc) is 2.94. The van der Waals surface area contributed by atoms with Gasteiger partial charge in [-0.05, 0) is 38.5 Å². The number of hydrogen-bond acceptors (Lipinski definition) is 6. The Kier molecular flexibility index (Phi) is 6.02. The van der Waals surface area contributed by atoms with Gasteiger partial charge in [0.05, 0.1) is 11.3 Å². The second kappa shape index (κ2) is 7.67. The van der Waals surface area contributed by atoms with E-state index in [-0.39, 0.29) is 28.4 Å². The molecule has 0 unspecified atom stereocenters. The number of nitrogens with zero attached hydrogens (tertiary/aromatic N) is 3. The molecule has 0 aliphatic heterocycles. The first-order chi connectivity index (χ1) is 11.6. The number of carbonyl (C=O) groups excluding carboxylic acids is 1. The van der Waals surface area contributed by atoms with Crippen molar-refractivity contribution in [1.29, 1.82) is 0 Å². The van der Waals surface area contributed by atoms with E-state index >= 15 is 0 Å². The van der Waals surface area contributed by atoms with Crippen LogP contribution in [0.1, 0.15) is 24.4 Å². The van der Waals surface area contributed by atoms with Crippen LogP contribution in [0.2, 0.25) is 5.02 Å². The average molecular weight is 403 g/mol. The number of carbonyl (C=O) groups is 1.